The van der Waals surface area contributed by atoms with Gasteiger partial charge < -0.3 is 14.7 Å². The van der Waals surface area contributed by atoms with Gasteiger partial charge in [0, 0.05) is 12.1 Å². The first-order valence-electron chi connectivity index (χ1n) is 8.99. The van der Waals surface area contributed by atoms with Crippen LogP contribution in [-0.2, 0) is 14.4 Å². The van der Waals surface area contributed by atoms with Crippen LogP contribution in [-0.4, -0.2) is 41.5 Å². The molecule has 0 unspecified atom stereocenters. The molecule has 8 nitrogen and oxygen atoms in total. The number of rotatable bonds is 10. The maximum atomic E-state index is 12.1. The second kappa shape index (κ2) is 11.4. The van der Waals surface area contributed by atoms with Crippen LogP contribution in [0.1, 0.15) is 18.1 Å². The van der Waals surface area contributed by atoms with E-state index >= 15 is 0 Å². The molecule has 2 aromatic rings. The number of non-ortho nitro benzene ring substituents is 1. The van der Waals surface area contributed by atoms with Crippen LogP contribution in [0.5, 0.6) is 0 Å². The third-order valence-corrected chi connectivity index (χ3v) is 3.92. The first-order chi connectivity index (χ1) is 14.0. The predicted molar refractivity (Wildman–Crippen MR) is 108 cm³/mol. The van der Waals surface area contributed by atoms with Gasteiger partial charge in [0.2, 0.25) is 0 Å². The van der Waals surface area contributed by atoms with Gasteiger partial charge in [-0.1, -0.05) is 47.6 Å². The van der Waals surface area contributed by atoms with Crippen LogP contribution in [0.3, 0.4) is 0 Å². The Morgan fingerprint density at radius 1 is 1.17 bits per heavy atom. The number of carbonyl (C=O) groups is 1. The largest absolute Gasteiger partial charge is 0.466 e. The van der Waals surface area contributed by atoms with Crippen LogP contribution in [0.4, 0.5) is 5.69 Å². The van der Waals surface area contributed by atoms with Crippen LogP contribution >= 0.6 is 0 Å². The molecule has 0 spiro atoms. The Bertz CT molecular complexity index is 849. The van der Waals surface area contributed by atoms with E-state index in [0.29, 0.717) is 5.56 Å². The summed E-state index contributed by atoms with van der Waals surface area (Å²) in [5.74, 6) is -1.55. The number of nitro benzene ring substituents is 1. The van der Waals surface area contributed by atoms with Crippen molar-refractivity contribution < 1.29 is 24.4 Å². The predicted octanol–water partition coefficient (Wildman–Crippen LogP) is 3.20. The van der Waals surface area contributed by atoms with Gasteiger partial charge >= 0.3 is 5.97 Å². The molecule has 0 fully saturated rings. The van der Waals surface area contributed by atoms with Gasteiger partial charge in [-0.3, -0.25) is 14.9 Å². The number of ether oxygens (including phenoxy) is 1. The quantitative estimate of drug-likeness (QED) is 0.285. The molecule has 0 aromatic heterocycles. The van der Waals surface area contributed by atoms with E-state index in [1.807, 2.05) is 30.3 Å². The third kappa shape index (κ3) is 7.19. The molecular formula is C21H22N2O6. The maximum Gasteiger partial charge on any atom is 0.315 e. The normalized spacial score (nSPS) is 13.3. The van der Waals surface area contributed by atoms with Crippen molar-refractivity contribution in [3.63, 3.8) is 0 Å². The number of oxime groups is 1. The van der Waals surface area contributed by atoms with E-state index in [1.54, 1.807) is 13.0 Å². The summed E-state index contributed by atoms with van der Waals surface area (Å²) >= 11 is 0. The van der Waals surface area contributed by atoms with Gasteiger partial charge in [0.05, 0.1) is 23.8 Å². The van der Waals surface area contributed by atoms with Crippen molar-refractivity contribution in [3.05, 3.63) is 81.9 Å². The second-order valence-corrected chi connectivity index (χ2v) is 6.00. The maximum absolute atomic E-state index is 12.1. The lowest BCUT2D eigenvalue weighted by Crippen LogP contribution is -2.32. The van der Waals surface area contributed by atoms with E-state index in [-0.39, 0.29) is 18.9 Å². The highest BCUT2D eigenvalue weighted by Crippen LogP contribution is 2.13. The first-order valence-corrected chi connectivity index (χ1v) is 8.99. The van der Waals surface area contributed by atoms with Gasteiger partial charge in [-0.2, -0.15) is 0 Å². The summed E-state index contributed by atoms with van der Waals surface area (Å²) in [6.45, 7) is 1.66. The van der Waals surface area contributed by atoms with E-state index in [1.165, 1.54) is 36.6 Å². The molecule has 2 atom stereocenters. The van der Waals surface area contributed by atoms with Crippen molar-refractivity contribution in [2.75, 3.05) is 13.2 Å². The smallest absolute Gasteiger partial charge is 0.315 e. The zero-order chi connectivity index (χ0) is 21.1. The Labute approximate surface area is 168 Å². The molecule has 2 aromatic carbocycles. The molecule has 0 amide bonds. The number of esters is 1. The Kier molecular flexibility index (Phi) is 8.52. The first kappa shape index (κ1) is 21.8. The molecular weight excluding hydrogens is 376 g/mol. The molecule has 2 rings (SSSR count). The Morgan fingerprint density at radius 2 is 1.86 bits per heavy atom. The van der Waals surface area contributed by atoms with Crippen molar-refractivity contribution in [2.24, 2.45) is 11.1 Å². The SMILES string of the molecule is CCOC(=O)[C@@H](CO/N=C/c1ccc([N+](=O)[O-])cc1)[C@H](O)/C=C/c1ccccc1. The summed E-state index contributed by atoms with van der Waals surface area (Å²) in [6.07, 6.45) is 3.44. The van der Waals surface area contributed by atoms with Crippen molar-refractivity contribution in [1.82, 2.24) is 0 Å². The third-order valence-electron chi connectivity index (χ3n) is 3.92. The van der Waals surface area contributed by atoms with Gasteiger partial charge in [0.25, 0.3) is 5.69 Å². The average molecular weight is 398 g/mol. The molecule has 0 saturated carbocycles. The molecule has 0 saturated heterocycles. The molecule has 1 N–H and O–H groups in total. The zero-order valence-corrected chi connectivity index (χ0v) is 15.9. The summed E-state index contributed by atoms with van der Waals surface area (Å²) in [5.41, 5.74) is 1.44. The highest BCUT2D eigenvalue weighted by molar-refractivity contribution is 5.79. The van der Waals surface area contributed by atoms with Gasteiger partial charge in [0.1, 0.15) is 12.5 Å². The Balaban J connectivity index is 1.97. The number of hydrogen-bond donors (Lipinski definition) is 1. The molecule has 0 bridgehead atoms. The minimum absolute atomic E-state index is 0.0289. The van der Waals surface area contributed by atoms with E-state index in [9.17, 15) is 20.0 Å². The van der Waals surface area contributed by atoms with E-state index in [4.69, 9.17) is 9.57 Å². The van der Waals surface area contributed by atoms with Crippen LogP contribution in [0.25, 0.3) is 6.08 Å². The van der Waals surface area contributed by atoms with E-state index in [0.717, 1.165) is 5.56 Å². The number of nitro groups is 1. The number of carbonyl (C=O) groups excluding carboxylic acids is 1. The number of benzene rings is 2. The Hall–Kier alpha value is -3.52. The van der Waals surface area contributed by atoms with Crippen LogP contribution < -0.4 is 0 Å². The molecule has 0 aliphatic carbocycles. The Morgan fingerprint density at radius 3 is 2.48 bits per heavy atom. The lowest BCUT2D eigenvalue weighted by atomic mass is 10.0. The van der Waals surface area contributed by atoms with E-state index < -0.39 is 22.9 Å². The summed E-state index contributed by atoms with van der Waals surface area (Å²) in [5, 5.41) is 24.8. The van der Waals surface area contributed by atoms with Crippen molar-refractivity contribution in [2.45, 2.75) is 13.0 Å². The van der Waals surface area contributed by atoms with E-state index in [2.05, 4.69) is 5.16 Å². The summed E-state index contributed by atoms with van der Waals surface area (Å²) < 4.78 is 5.00. The fourth-order valence-corrected chi connectivity index (χ4v) is 2.37. The number of hydrogen-bond acceptors (Lipinski definition) is 7. The molecule has 0 radical (unpaired) electrons. The minimum atomic E-state index is -1.12. The molecule has 8 heteroatoms. The lowest BCUT2D eigenvalue weighted by Gasteiger charge is -2.17. The van der Waals surface area contributed by atoms with Crippen LogP contribution in [0.15, 0.2) is 65.8 Å². The molecule has 0 aliphatic heterocycles. The number of aliphatic hydroxyl groups excluding tert-OH is 1. The van der Waals surface area contributed by atoms with Gasteiger partial charge in [0.15, 0.2) is 0 Å². The highest BCUT2D eigenvalue weighted by atomic mass is 16.6. The van der Waals surface area contributed by atoms with Crippen molar-refractivity contribution >= 4 is 23.9 Å². The standard InChI is InChI=1S/C21H22N2O6/c1-2-28-21(25)19(20(24)13-10-16-6-4-3-5-7-16)15-29-22-14-17-8-11-18(12-9-17)23(26)27/h3-14,19-20,24H,2,15H2,1H3/b13-10+,22-14+/t19-,20+/m0/s1. The number of nitrogens with zero attached hydrogens (tertiary/aromatic N) is 2. The lowest BCUT2D eigenvalue weighted by molar-refractivity contribution is -0.384. The van der Waals surface area contributed by atoms with Crippen molar-refractivity contribution in [1.29, 1.82) is 0 Å². The monoisotopic (exact) mass is 398 g/mol. The van der Waals surface area contributed by atoms with Gasteiger partial charge in [-0.25, -0.2) is 0 Å². The van der Waals surface area contributed by atoms with Crippen LogP contribution in [0.2, 0.25) is 0 Å². The second-order valence-electron chi connectivity index (χ2n) is 6.00. The van der Waals surface area contributed by atoms with Gasteiger partial charge in [-0.05, 0) is 30.2 Å². The summed E-state index contributed by atoms with van der Waals surface area (Å²) in [6, 6.07) is 15.1. The average Bonchev–Trinajstić information content (AvgIpc) is 2.73. The highest BCUT2D eigenvalue weighted by Gasteiger charge is 2.27. The summed E-state index contributed by atoms with van der Waals surface area (Å²) in [4.78, 5) is 27.5. The topological polar surface area (TPSA) is 111 Å². The number of aliphatic hydroxyl groups is 1. The molecule has 0 aliphatic rings. The van der Waals surface area contributed by atoms with Crippen molar-refractivity contribution in [3.8, 4) is 0 Å². The fourth-order valence-electron chi connectivity index (χ4n) is 2.37. The molecule has 29 heavy (non-hydrogen) atoms. The fraction of sp³-hybridized carbons (Fsp3) is 0.238. The van der Waals surface area contributed by atoms with Crippen LogP contribution in [0, 0.1) is 16.0 Å². The van der Waals surface area contributed by atoms with Gasteiger partial charge in [-0.15, -0.1) is 0 Å². The molecule has 0 heterocycles. The zero-order valence-electron chi connectivity index (χ0n) is 15.9. The minimum Gasteiger partial charge on any atom is -0.466 e. The molecule has 152 valence electrons. The summed E-state index contributed by atoms with van der Waals surface area (Å²) in [7, 11) is 0.